The molecule has 2 aliphatic heterocycles. The number of nitrogens with one attached hydrogen (secondary N) is 1. The topological polar surface area (TPSA) is 44.8 Å². The fourth-order valence-electron chi connectivity index (χ4n) is 4.05. The number of morpholine rings is 1. The first kappa shape index (κ1) is 18.5. The minimum Gasteiger partial charge on any atom is -0.378 e. The Labute approximate surface area is 164 Å². The third-order valence-electron chi connectivity index (χ3n) is 5.61. The third kappa shape index (κ3) is 4.18. The molecule has 2 aliphatic rings. The number of hydrogen-bond acceptors (Lipinski definition) is 5. The molecule has 1 N–H and O–H groups in total. The fourth-order valence-corrected chi connectivity index (χ4v) is 4.76. The Balaban J connectivity index is 1.38. The SMILES string of the molecule is C[C@H](C(=O)Nc1ccc(N2CCOCC2)cc1)N1CCC[C@H]1c1ccsc1. The number of amides is 1. The molecule has 2 aromatic rings. The van der Waals surface area contributed by atoms with Crippen molar-refractivity contribution in [3.05, 3.63) is 46.7 Å². The smallest absolute Gasteiger partial charge is 0.241 e. The lowest BCUT2D eigenvalue weighted by atomic mass is 10.1. The number of thiophene rings is 1. The van der Waals surface area contributed by atoms with Gasteiger partial charge in [-0.05, 0) is 73.0 Å². The van der Waals surface area contributed by atoms with Gasteiger partial charge in [0.25, 0.3) is 0 Å². The number of nitrogens with zero attached hydrogens (tertiary/aromatic N) is 2. The summed E-state index contributed by atoms with van der Waals surface area (Å²) in [4.78, 5) is 17.5. The lowest BCUT2D eigenvalue weighted by Crippen LogP contribution is -2.41. The van der Waals surface area contributed by atoms with Gasteiger partial charge in [0.1, 0.15) is 0 Å². The fraction of sp³-hybridized carbons (Fsp3) is 0.476. The monoisotopic (exact) mass is 385 g/mol. The van der Waals surface area contributed by atoms with Gasteiger partial charge in [0.15, 0.2) is 0 Å². The summed E-state index contributed by atoms with van der Waals surface area (Å²) in [5.74, 6) is 0.0660. The second kappa shape index (κ2) is 8.42. The van der Waals surface area contributed by atoms with Crippen molar-refractivity contribution < 1.29 is 9.53 Å². The van der Waals surface area contributed by atoms with E-state index in [2.05, 4.69) is 44.1 Å². The van der Waals surface area contributed by atoms with Gasteiger partial charge < -0.3 is 15.0 Å². The maximum Gasteiger partial charge on any atom is 0.241 e. The highest BCUT2D eigenvalue weighted by atomic mass is 32.1. The highest BCUT2D eigenvalue weighted by Crippen LogP contribution is 2.34. The molecular formula is C21H27N3O2S. The van der Waals surface area contributed by atoms with E-state index in [1.54, 1.807) is 11.3 Å². The van der Waals surface area contributed by atoms with Gasteiger partial charge >= 0.3 is 0 Å². The Hall–Kier alpha value is -1.89. The van der Waals surface area contributed by atoms with E-state index in [4.69, 9.17) is 4.74 Å². The van der Waals surface area contributed by atoms with Crippen LogP contribution in [0.25, 0.3) is 0 Å². The summed E-state index contributed by atoms with van der Waals surface area (Å²) in [6, 6.07) is 10.6. The number of ether oxygens (including phenoxy) is 1. The number of benzene rings is 1. The van der Waals surface area contributed by atoms with E-state index in [0.717, 1.165) is 51.4 Å². The summed E-state index contributed by atoms with van der Waals surface area (Å²) in [7, 11) is 0. The Morgan fingerprint density at radius 1 is 1.19 bits per heavy atom. The summed E-state index contributed by atoms with van der Waals surface area (Å²) in [5, 5.41) is 7.42. The number of hydrogen-bond donors (Lipinski definition) is 1. The van der Waals surface area contributed by atoms with Gasteiger partial charge in [-0.2, -0.15) is 11.3 Å². The first-order chi connectivity index (χ1) is 13.2. The highest BCUT2D eigenvalue weighted by Gasteiger charge is 2.33. The van der Waals surface area contributed by atoms with E-state index >= 15 is 0 Å². The van der Waals surface area contributed by atoms with Gasteiger partial charge in [0, 0.05) is 30.5 Å². The van der Waals surface area contributed by atoms with Gasteiger partial charge in [-0.1, -0.05) is 0 Å². The molecule has 144 valence electrons. The molecule has 0 radical (unpaired) electrons. The second-order valence-electron chi connectivity index (χ2n) is 7.26. The van der Waals surface area contributed by atoms with Crippen LogP contribution in [0, 0.1) is 0 Å². The number of carbonyl (C=O) groups is 1. The van der Waals surface area contributed by atoms with E-state index in [1.807, 2.05) is 19.1 Å². The third-order valence-corrected chi connectivity index (χ3v) is 6.31. The van der Waals surface area contributed by atoms with Crippen LogP contribution in [0.2, 0.25) is 0 Å². The van der Waals surface area contributed by atoms with Gasteiger partial charge in [0.05, 0.1) is 19.3 Å². The van der Waals surface area contributed by atoms with Gasteiger partial charge in [-0.15, -0.1) is 0 Å². The molecule has 27 heavy (non-hydrogen) atoms. The van der Waals surface area contributed by atoms with Crippen molar-refractivity contribution >= 4 is 28.6 Å². The molecule has 0 bridgehead atoms. The maximum atomic E-state index is 12.8. The zero-order valence-corrected chi connectivity index (χ0v) is 16.6. The van der Waals surface area contributed by atoms with Crippen LogP contribution in [0.15, 0.2) is 41.1 Å². The number of anilines is 2. The van der Waals surface area contributed by atoms with E-state index in [0.29, 0.717) is 6.04 Å². The Morgan fingerprint density at radius 3 is 2.67 bits per heavy atom. The Bertz CT molecular complexity index is 741. The second-order valence-corrected chi connectivity index (χ2v) is 8.04. The lowest BCUT2D eigenvalue weighted by Gasteiger charge is -2.30. The molecule has 0 spiro atoms. The minimum absolute atomic E-state index is 0.0660. The molecule has 4 rings (SSSR count). The van der Waals surface area contributed by atoms with E-state index in [1.165, 1.54) is 11.3 Å². The zero-order valence-electron chi connectivity index (χ0n) is 15.8. The van der Waals surface area contributed by atoms with Crippen LogP contribution < -0.4 is 10.2 Å². The molecule has 1 aromatic heterocycles. The van der Waals surface area contributed by atoms with Crippen LogP contribution in [0.3, 0.4) is 0 Å². The summed E-state index contributed by atoms with van der Waals surface area (Å²) in [6.07, 6.45) is 2.27. The molecule has 0 unspecified atom stereocenters. The molecule has 5 nitrogen and oxygen atoms in total. The molecule has 6 heteroatoms. The Kier molecular flexibility index (Phi) is 5.76. The minimum atomic E-state index is -0.142. The summed E-state index contributed by atoms with van der Waals surface area (Å²) >= 11 is 1.73. The van der Waals surface area contributed by atoms with Crippen molar-refractivity contribution in [3.8, 4) is 0 Å². The van der Waals surface area contributed by atoms with Gasteiger partial charge in [-0.3, -0.25) is 9.69 Å². The van der Waals surface area contributed by atoms with Crippen LogP contribution in [-0.2, 0) is 9.53 Å². The Morgan fingerprint density at radius 2 is 1.96 bits per heavy atom. The molecule has 2 atom stereocenters. The van der Waals surface area contributed by atoms with Crippen LogP contribution in [0.5, 0.6) is 0 Å². The van der Waals surface area contributed by atoms with Crippen molar-refractivity contribution in [2.45, 2.75) is 31.8 Å². The predicted molar refractivity (Wildman–Crippen MR) is 111 cm³/mol. The molecule has 1 aromatic carbocycles. The zero-order chi connectivity index (χ0) is 18.6. The normalized spacial score (nSPS) is 22.0. The van der Waals surface area contributed by atoms with E-state index in [-0.39, 0.29) is 11.9 Å². The predicted octanol–water partition coefficient (Wildman–Crippen LogP) is 3.75. The number of rotatable bonds is 5. The molecule has 0 aliphatic carbocycles. The van der Waals surface area contributed by atoms with E-state index in [9.17, 15) is 4.79 Å². The van der Waals surface area contributed by atoms with Crippen LogP contribution >= 0.6 is 11.3 Å². The average Bonchev–Trinajstić information content (AvgIpc) is 3.40. The standard InChI is InChI=1S/C21H27N3O2S/c1-16(24-9-2-3-20(24)17-8-14-27-15-17)21(25)22-18-4-6-19(7-5-18)23-10-12-26-13-11-23/h4-8,14-16,20H,2-3,9-13H2,1H3,(H,22,25)/t16-,20+/m1/s1. The van der Waals surface area contributed by atoms with Gasteiger partial charge in [0.2, 0.25) is 5.91 Å². The first-order valence-corrected chi connectivity index (χ1v) is 10.7. The summed E-state index contributed by atoms with van der Waals surface area (Å²) < 4.78 is 5.41. The largest absolute Gasteiger partial charge is 0.378 e. The van der Waals surface area contributed by atoms with Crippen molar-refractivity contribution in [1.29, 1.82) is 0 Å². The van der Waals surface area contributed by atoms with Crippen LogP contribution in [-0.4, -0.2) is 49.7 Å². The number of likely N-dealkylation sites (tertiary alicyclic amines) is 1. The lowest BCUT2D eigenvalue weighted by molar-refractivity contribution is -0.121. The van der Waals surface area contributed by atoms with Crippen molar-refractivity contribution in [3.63, 3.8) is 0 Å². The number of carbonyl (C=O) groups excluding carboxylic acids is 1. The van der Waals surface area contributed by atoms with E-state index < -0.39 is 0 Å². The molecule has 2 saturated heterocycles. The summed E-state index contributed by atoms with van der Waals surface area (Å²) in [6.45, 7) is 6.38. The van der Waals surface area contributed by atoms with Crippen molar-refractivity contribution in [2.75, 3.05) is 43.1 Å². The van der Waals surface area contributed by atoms with Gasteiger partial charge in [-0.25, -0.2) is 0 Å². The quantitative estimate of drug-likeness (QED) is 0.851. The molecular weight excluding hydrogens is 358 g/mol. The molecule has 0 saturated carbocycles. The summed E-state index contributed by atoms with van der Waals surface area (Å²) in [5.41, 5.74) is 3.38. The average molecular weight is 386 g/mol. The maximum absolute atomic E-state index is 12.8. The van der Waals surface area contributed by atoms with Crippen LogP contribution in [0.4, 0.5) is 11.4 Å². The van der Waals surface area contributed by atoms with Crippen molar-refractivity contribution in [1.82, 2.24) is 4.90 Å². The highest BCUT2D eigenvalue weighted by molar-refractivity contribution is 7.07. The molecule has 3 heterocycles. The van der Waals surface area contributed by atoms with Crippen LogP contribution in [0.1, 0.15) is 31.4 Å². The van der Waals surface area contributed by atoms with Crippen molar-refractivity contribution in [2.24, 2.45) is 0 Å². The first-order valence-electron chi connectivity index (χ1n) is 9.74. The molecule has 1 amide bonds. The molecule has 2 fully saturated rings.